The molecular weight excluding hydrogens is 334 g/mol. The van der Waals surface area contributed by atoms with Crippen LogP contribution in [0.3, 0.4) is 0 Å². The molecule has 0 unspecified atom stereocenters. The van der Waals surface area contributed by atoms with Gasteiger partial charge in [-0.3, -0.25) is 0 Å². The summed E-state index contributed by atoms with van der Waals surface area (Å²) in [6.45, 7) is 10.3. The highest BCUT2D eigenvalue weighted by atomic mass is 15.4. The number of aromatic nitrogens is 3. The van der Waals surface area contributed by atoms with E-state index in [1.807, 2.05) is 0 Å². The van der Waals surface area contributed by atoms with Crippen molar-refractivity contribution in [3.63, 3.8) is 0 Å². The zero-order chi connectivity index (χ0) is 18.4. The zero-order valence-corrected chi connectivity index (χ0v) is 16.3. The van der Waals surface area contributed by atoms with Crippen LogP contribution in [-0.2, 0) is 12.8 Å². The van der Waals surface area contributed by atoms with Gasteiger partial charge in [-0.1, -0.05) is 30.3 Å². The molecule has 3 heterocycles. The number of hydrogen-bond acceptors (Lipinski definition) is 3. The van der Waals surface area contributed by atoms with Gasteiger partial charge in [0.2, 0.25) is 0 Å². The third-order valence-electron chi connectivity index (χ3n) is 6.27. The summed E-state index contributed by atoms with van der Waals surface area (Å²) in [5.74, 6) is 1.31. The summed E-state index contributed by atoms with van der Waals surface area (Å²) in [7, 11) is 0. The van der Waals surface area contributed by atoms with Crippen molar-refractivity contribution in [1.29, 1.82) is 0 Å². The van der Waals surface area contributed by atoms with Gasteiger partial charge in [-0.2, -0.15) is 9.61 Å². The van der Waals surface area contributed by atoms with Gasteiger partial charge in [-0.15, -0.1) is 0 Å². The van der Waals surface area contributed by atoms with E-state index in [1.54, 1.807) is 4.90 Å². The van der Waals surface area contributed by atoms with Gasteiger partial charge in [0.1, 0.15) is 5.82 Å². The van der Waals surface area contributed by atoms with E-state index in [0.717, 1.165) is 37.3 Å². The van der Waals surface area contributed by atoms with Gasteiger partial charge in [0, 0.05) is 16.8 Å². The summed E-state index contributed by atoms with van der Waals surface area (Å²) in [6, 6.07) is 10.6. The molecule has 2 aromatic heterocycles. The maximum Gasteiger partial charge on any atom is 0.165 e. The average Bonchev–Trinajstić information content (AvgIpc) is 3.30. The molecule has 1 aliphatic carbocycles. The van der Waals surface area contributed by atoms with E-state index >= 15 is 0 Å². The molecule has 0 atom stereocenters. The Hall–Kier alpha value is -2.40. The van der Waals surface area contributed by atoms with Crippen LogP contribution in [0.1, 0.15) is 30.3 Å². The van der Waals surface area contributed by atoms with E-state index in [0.29, 0.717) is 0 Å². The van der Waals surface area contributed by atoms with E-state index in [-0.39, 0.29) is 0 Å². The summed E-state index contributed by atoms with van der Waals surface area (Å²) in [4.78, 5) is 9.38. The molecule has 1 saturated heterocycles. The van der Waals surface area contributed by atoms with E-state index < -0.39 is 0 Å². The second kappa shape index (κ2) is 6.64. The lowest BCUT2D eigenvalue weighted by atomic mass is 10.1. The van der Waals surface area contributed by atoms with Crippen LogP contribution < -0.4 is 9.80 Å². The molecule has 1 aromatic carbocycles. The first kappa shape index (κ1) is 16.8. The molecule has 1 N–H and O–H groups in total. The monoisotopic (exact) mass is 362 g/mol. The molecule has 0 amide bonds. The predicted molar refractivity (Wildman–Crippen MR) is 109 cm³/mol. The molecule has 0 radical (unpaired) electrons. The molecule has 0 spiro atoms. The SMILES string of the molecule is CC[NH+]1CCN(c2c3c(nc4c(-c5ccccc5)c(C)nn24)CCC3)CC1. The van der Waals surface area contributed by atoms with Crippen molar-refractivity contribution in [2.75, 3.05) is 37.6 Å². The van der Waals surface area contributed by atoms with Gasteiger partial charge in [0.15, 0.2) is 5.65 Å². The summed E-state index contributed by atoms with van der Waals surface area (Å²) in [5, 5.41) is 4.99. The van der Waals surface area contributed by atoms with Crippen molar-refractivity contribution < 1.29 is 4.90 Å². The lowest BCUT2D eigenvalue weighted by Crippen LogP contribution is -3.14. The maximum absolute atomic E-state index is 5.11. The molecule has 5 heteroatoms. The van der Waals surface area contributed by atoms with Crippen LogP contribution in [0, 0.1) is 6.92 Å². The van der Waals surface area contributed by atoms with Crippen LogP contribution >= 0.6 is 0 Å². The zero-order valence-electron chi connectivity index (χ0n) is 16.3. The fraction of sp³-hybridized carbons (Fsp3) is 0.455. The minimum absolute atomic E-state index is 1.03. The summed E-state index contributed by atoms with van der Waals surface area (Å²) in [6.07, 6.45) is 3.44. The Balaban J connectivity index is 1.69. The second-order valence-corrected chi connectivity index (χ2v) is 7.87. The third-order valence-corrected chi connectivity index (χ3v) is 6.27. The Morgan fingerprint density at radius 2 is 1.85 bits per heavy atom. The van der Waals surface area contributed by atoms with Crippen molar-refractivity contribution in [2.45, 2.75) is 33.1 Å². The molecule has 27 heavy (non-hydrogen) atoms. The molecule has 3 aromatic rings. The molecule has 2 aliphatic rings. The van der Waals surface area contributed by atoms with Crippen LogP contribution in [-0.4, -0.2) is 47.3 Å². The Morgan fingerprint density at radius 3 is 2.59 bits per heavy atom. The van der Waals surface area contributed by atoms with Crippen LogP contribution in [0.4, 0.5) is 5.82 Å². The highest BCUT2D eigenvalue weighted by Gasteiger charge is 2.29. The Labute approximate surface area is 160 Å². The lowest BCUT2D eigenvalue weighted by Gasteiger charge is -2.34. The number of anilines is 1. The summed E-state index contributed by atoms with van der Waals surface area (Å²) in [5.41, 5.74) is 7.21. The molecule has 1 fully saturated rings. The quantitative estimate of drug-likeness (QED) is 0.774. The average molecular weight is 363 g/mol. The van der Waals surface area contributed by atoms with Gasteiger partial charge in [-0.25, -0.2) is 4.98 Å². The first-order valence-electron chi connectivity index (χ1n) is 10.3. The fourth-order valence-electron chi connectivity index (χ4n) is 4.77. The topological polar surface area (TPSA) is 37.9 Å². The van der Waals surface area contributed by atoms with E-state index in [4.69, 9.17) is 10.1 Å². The number of fused-ring (bicyclic) bond motifs is 2. The lowest BCUT2D eigenvalue weighted by molar-refractivity contribution is -0.898. The number of benzene rings is 1. The van der Waals surface area contributed by atoms with Gasteiger partial charge < -0.3 is 9.80 Å². The molecule has 1 aliphatic heterocycles. The number of aryl methyl sites for hydroxylation is 2. The molecule has 5 nitrogen and oxygen atoms in total. The van der Waals surface area contributed by atoms with Gasteiger partial charge >= 0.3 is 0 Å². The van der Waals surface area contributed by atoms with Crippen molar-refractivity contribution in [1.82, 2.24) is 14.6 Å². The maximum atomic E-state index is 5.11. The number of hydrogen-bond donors (Lipinski definition) is 1. The van der Waals surface area contributed by atoms with Crippen LogP contribution in [0.5, 0.6) is 0 Å². The molecule has 0 saturated carbocycles. The third kappa shape index (κ3) is 2.72. The van der Waals surface area contributed by atoms with Gasteiger partial charge in [-0.05, 0) is 38.7 Å². The van der Waals surface area contributed by atoms with Gasteiger partial charge in [0.25, 0.3) is 0 Å². The largest absolute Gasteiger partial charge is 0.345 e. The highest BCUT2D eigenvalue weighted by Crippen LogP contribution is 2.35. The molecule has 140 valence electrons. The van der Waals surface area contributed by atoms with Crippen molar-refractivity contribution in [3.05, 3.63) is 47.3 Å². The Morgan fingerprint density at radius 1 is 1.07 bits per heavy atom. The first-order chi connectivity index (χ1) is 13.3. The number of nitrogens with zero attached hydrogens (tertiary/aromatic N) is 4. The van der Waals surface area contributed by atoms with E-state index in [2.05, 4.69) is 53.6 Å². The van der Waals surface area contributed by atoms with Crippen molar-refractivity contribution in [3.8, 4) is 11.1 Å². The van der Waals surface area contributed by atoms with Gasteiger partial charge in [0.05, 0.1) is 38.4 Å². The van der Waals surface area contributed by atoms with Crippen molar-refractivity contribution >= 4 is 11.5 Å². The van der Waals surface area contributed by atoms with Crippen molar-refractivity contribution in [2.24, 2.45) is 0 Å². The number of quaternary nitrogens is 1. The molecule has 0 bridgehead atoms. The Kier molecular flexibility index (Phi) is 4.12. The summed E-state index contributed by atoms with van der Waals surface area (Å²) < 4.78 is 2.15. The fourth-order valence-corrected chi connectivity index (χ4v) is 4.77. The normalized spacial score (nSPS) is 17.6. The first-order valence-corrected chi connectivity index (χ1v) is 10.3. The molecule has 5 rings (SSSR count). The number of rotatable bonds is 3. The number of nitrogens with one attached hydrogen (secondary N) is 1. The van der Waals surface area contributed by atoms with E-state index in [1.165, 1.54) is 54.3 Å². The smallest absolute Gasteiger partial charge is 0.165 e. The van der Waals surface area contributed by atoms with Crippen LogP contribution in [0.15, 0.2) is 30.3 Å². The molecular formula is C22H28N5+. The highest BCUT2D eigenvalue weighted by molar-refractivity contribution is 5.81. The van der Waals surface area contributed by atoms with Crippen LogP contribution in [0.25, 0.3) is 16.8 Å². The van der Waals surface area contributed by atoms with E-state index in [9.17, 15) is 0 Å². The minimum Gasteiger partial charge on any atom is -0.345 e. The number of piperazine rings is 1. The minimum atomic E-state index is 1.03. The second-order valence-electron chi connectivity index (χ2n) is 7.87. The predicted octanol–water partition coefficient (Wildman–Crippen LogP) is 1.92. The number of likely N-dealkylation sites (N-methyl/N-ethyl adjacent to an activating group) is 1. The summed E-state index contributed by atoms with van der Waals surface area (Å²) >= 11 is 0. The standard InChI is InChI=1S/C22H27N5/c1-3-25-12-14-26(15-13-25)22-18-10-7-11-19(18)23-21-20(16(2)24-27(21)22)17-8-5-4-6-9-17/h4-6,8-9H,3,7,10-15H2,1-2H3/p+1. The Bertz CT molecular complexity index is 968. The van der Waals surface area contributed by atoms with Crippen LogP contribution in [0.2, 0.25) is 0 Å².